The van der Waals surface area contributed by atoms with Crippen LogP contribution < -0.4 is 10.5 Å². The van der Waals surface area contributed by atoms with Gasteiger partial charge in [0.1, 0.15) is 4.90 Å². The SMILES string of the molecule is Cc1cccc(N)c1S(=O)(=O)Nc1cc(Cl)ccc1Br. The molecule has 2 rings (SSSR count). The third-order valence-corrected chi connectivity index (χ3v) is 5.19. The highest BCUT2D eigenvalue weighted by Crippen LogP contribution is 2.30. The third kappa shape index (κ3) is 3.08. The van der Waals surface area contributed by atoms with Crippen molar-refractivity contribution in [3.63, 3.8) is 0 Å². The Bertz CT molecular complexity index is 743. The summed E-state index contributed by atoms with van der Waals surface area (Å²) in [6.45, 7) is 1.69. The number of anilines is 2. The first kappa shape index (κ1) is 15.2. The van der Waals surface area contributed by atoms with Crippen LogP contribution >= 0.6 is 27.5 Å². The predicted octanol–water partition coefficient (Wildman–Crippen LogP) is 3.79. The predicted molar refractivity (Wildman–Crippen MR) is 85.6 cm³/mol. The number of aryl methyl sites for hydroxylation is 1. The molecule has 0 fully saturated rings. The number of hydrogen-bond acceptors (Lipinski definition) is 3. The van der Waals surface area contributed by atoms with Crippen LogP contribution in [0.5, 0.6) is 0 Å². The second-order valence-electron chi connectivity index (χ2n) is 4.22. The molecule has 0 unspecified atom stereocenters. The van der Waals surface area contributed by atoms with Crippen molar-refractivity contribution in [2.75, 3.05) is 10.5 Å². The minimum absolute atomic E-state index is 0.0758. The van der Waals surface area contributed by atoms with E-state index in [9.17, 15) is 8.42 Å². The molecule has 0 radical (unpaired) electrons. The number of hydrogen-bond donors (Lipinski definition) is 2. The summed E-state index contributed by atoms with van der Waals surface area (Å²) in [6, 6.07) is 9.80. The van der Waals surface area contributed by atoms with Crippen LogP contribution in [0.3, 0.4) is 0 Å². The molecule has 0 aromatic heterocycles. The zero-order valence-electron chi connectivity index (χ0n) is 10.5. The normalized spacial score (nSPS) is 11.3. The summed E-state index contributed by atoms with van der Waals surface area (Å²) >= 11 is 9.15. The lowest BCUT2D eigenvalue weighted by Crippen LogP contribution is -2.16. The molecule has 2 aromatic carbocycles. The van der Waals surface area contributed by atoms with Crippen LogP contribution in [-0.2, 0) is 10.0 Å². The Kier molecular flexibility index (Phi) is 4.27. The van der Waals surface area contributed by atoms with Gasteiger partial charge in [-0.3, -0.25) is 4.72 Å². The maximum absolute atomic E-state index is 12.5. The van der Waals surface area contributed by atoms with E-state index in [0.29, 0.717) is 20.7 Å². The van der Waals surface area contributed by atoms with Crippen LogP contribution in [0.4, 0.5) is 11.4 Å². The van der Waals surface area contributed by atoms with Gasteiger partial charge in [0.05, 0.1) is 11.4 Å². The molecule has 20 heavy (non-hydrogen) atoms. The van der Waals surface area contributed by atoms with Gasteiger partial charge in [-0.1, -0.05) is 23.7 Å². The Morgan fingerprint density at radius 3 is 2.60 bits per heavy atom. The molecule has 0 bridgehead atoms. The van der Waals surface area contributed by atoms with Gasteiger partial charge in [0, 0.05) is 9.50 Å². The van der Waals surface area contributed by atoms with Crippen molar-refractivity contribution in [1.29, 1.82) is 0 Å². The molecule has 0 aliphatic heterocycles. The van der Waals surface area contributed by atoms with E-state index < -0.39 is 10.0 Å². The number of nitrogens with two attached hydrogens (primary N) is 1. The quantitative estimate of drug-likeness (QED) is 0.802. The fourth-order valence-electron chi connectivity index (χ4n) is 1.81. The standard InChI is InChI=1S/C13H12BrClN2O2S/c1-8-3-2-4-11(16)13(8)20(18,19)17-12-7-9(15)5-6-10(12)14/h2-7,17H,16H2,1H3. The number of rotatable bonds is 3. The second-order valence-corrected chi connectivity index (χ2v) is 7.13. The molecule has 0 heterocycles. The first-order chi connectivity index (χ1) is 9.31. The summed E-state index contributed by atoms with van der Waals surface area (Å²) in [5.74, 6) is 0. The fourth-order valence-corrected chi connectivity index (χ4v) is 3.89. The summed E-state index contributed by atoms with van der Waals surface area (Å²) in [5.41, 5.74) is 6.92. The maximum atomic E-state index is 12.5. The molecular weight excluding hydrogens is 364 g/mol. The second kappa shape index (κ2) is 5.63. The summed E-state index contributed by atoms with van der Waals surface area (Å²) in [7, 11) is -3.78. The largest absolute Gasteiger partial charge is 0.398 e. The van der Waals surface area contributed by atoms with E-state index in [1.54, 1.807) is 37.3 Å². The summed E-state index contributed by atoms with van der Waals surface area (Å²) in [5, 5.41) is 0.434. The van der Waals surface area contributed by atoms with Crippen molar-refractivity contribution in [2.45, 2.75) is 11.8 Å². The zero-order valence-corrected chi connectivity index (χ0v) is 13.7. The lowest BCUT2D eigenvalue weighted by Gasteiger charge is -2.13. The fraction of sp³-hybridized carbons (Fsp3) is 0.0769. The number of nitrogens with one attached hydrogen (secondary N) is 1. The smallest absolute Gasteiger partial charge is 0.264 e. The molecule has 0 amide bonds. The molecule has 0 saturated carbocycles. The topological polar surface area (TPSA) is 72.2 Å². The maximum Gasteiger partial charge on any atom is 0.264 e. The molecular formula is C13H12BrClN2O2S. The van der Waals surface area contributed by atoms with Gasteiger partial charge in [-0.25, -0.2) is 8.42 Å². The van der Waals surface area contributed by atoms with E-state index >= 15 is 0 Å². The molecule has 3 N–H and O–H groups in total. The number of nitrogen functional groups attached to an aromatic ring is 1. The number of halogens is 2. The lowest BCUT2D eigenvalue weighted by atomic mass is 10.2. The molecule has 106 valence electrons. The van der Waals surface area contributed by atoms with Crippen molar-refractivity contribution < 1.29 is 8.42 Å². The van der Waals surface area contributed by atoms with Gasteiger partial charge in [-0.05, 0) is 52.7 Å². The molecule has 7 heteroatoms. The zero-order chi connectivity index (χ0) is 14.9. The highest BCUT2D eigenvalue weighted by atomic mass is 79.9. The van der Waals surface area contributed by atoms with Crippen LogP contribution in [-0.4, -0.2) is 8.42 Å². The van der Waals surface area contributed by atoms with Gasteiger partial charge in [0.15, 0.2) is 0 Å². The van der Waals surface area contributed by atoms with E-state index in [1.165, 1.54) is 6.07 Å². The summed E-state index contributed by atoms with van der Waals surface area (Å²) in [6.07, 6.45) is 0. The van der Waals surface area contributed by atoms with Crippen molar-refractivity contribution in [3.8, 4) is 0 Å². The minimum Gasteiger partial charge on any atom is -0.398 e. The van der Waals surface area contributed by atoms with Crippen LogP contribution in [0.1, 0.15) is 5.56 Å². The first-order valence-corrected chi connectivity index (χ1v) is 8.29. The van der Waals surface area contributed by atoms with Gasteiger partial charge < -0.3 is 5.73 Å². The van der Waals surface area contributed by atoms with E-state index in [-0.39, 0.29) is 10.6 Å². The van der Waals surface area contributed by atoms with E-state index in [1.807, 2.05) is 0 Å². The molecule has 4 nitrogen and oxygen atoms in total. The molecule has 0 atom stereocenters. The Hall–Kier alpha value is -1.24. The summed E-state index contributed by atoms with van der Waals surface area (Å²) < 4.78 is 28.0. The number of benzene rings is 2. The molecule has 2 aromatic rings. The first-order valence-electron chi connectivity index (χ1n) is 5.64. The van der Waals surface area contributed by atoms with Crippen LogP contribution in [0.15, 0.2) is 45.8 Å². The Labute approximate surface area is 131 Å². The van der Waals surface area contributed by atoms with E-state index in [2.05, 4.69) is 20.7 Å². The Balaban J connectivity index is 2.49. The Morgan fingerprint density at radius 1 is 1.25 bits per heavy atom. The molecule has 0 aliphatic carbocycles. The van der Waals surface area contributed by atoms with Crippen molar-refractivity contribution >= 4 is 48.9 Å². The Morgan fingerprint density at radius 2 is 1.95 bits per heavy atom. The van der Waals surface area contributed by atoms with Crippen molar-refractivity contribution in [2.24, 2.45) is 0 Å². The number of sulfonamides is 1. The van der Waals surface area contributed by atoms with E-state index in [4.69, 9.17) is 17.3 Å². The van der Waals surface area contributed by atoms with Gasteiger partial charge in [-0.15, -0.1) is 0 Å². The van der Waals surface area contributed by atoms with Gasteiger partial charge >= 0.3 is 0 Å². The molecule has 0 spiro atoms. The lowest BCUT2D eigenvalue weighted by molar-refractivity contribution is 0.601. The average molecular weight is 376 g/mol. The van der Waals surface area contributed by atoms with E-state index in [0.717, 1.165) is 0 Å². The van der Waals surface area contributed by atoms with Crippen molar-refractivity contribution in [1.82, 2.24) is 0 Å². The molecule has 0 saturated heterocycles. The van der Waals surface area contributed by atoms with Crippen LogP contribution in [0, 0.1) is 6.92 Å². The monoisotopic (exact) mass is 374 g/mol. The molecule has 0 aliphatic rings. The minimum atomic E-state index is -3.78. The van der Waals surface area contributed by atoms with Crippen LogP contribution in [0.2, 0.25) is 5.02 Å². The summed E-state index contributed by atoms with van der Waals surface area (Å²) in [4.78, 5) is 0.0758. The van der Waals surface area contributed by atoms with Crippen LogP contribution in [0.25, 0.3) is 0 Å². The third-order valence-electron chi connectivity index (χ3n) is 2.68. The van der Waals surface area contributed by atoms with Gasteiger partial charge in [0.2, 0.25) is 0 Å². The highest BCUT2D eigenvalue weighted by molar-refractivity contribution is 9.10. The van der Waals surface area contributed by atoms with Gasteiger partial charge in [0.25, 0.3) is 10.0 Å². The average Bonchev–Trinajstić information content (AvgIpc) is 2.33. The van der Waals surface area contributed by atoms with Gasteiger partial charge in [-0.2, -0.15) is 0 Å². The van der Waals surface area contributed by atoms with Crippen molar-refractivity contribution in [3.05, 3.63) is 51.5 Å². The highest BCUT2D eigenvalue weighted by Gasteiger charge is 2.21.